The van der Waals surface area contributed by atoms with Gasteiger partial charge in [-0.05, 0) is 42.5 Å². The molecular weight excluding hydrogens is 625 g/mol. The predicted octanol–water partition coefficient (Wildman–Crippen LogP) is 5.90. The van der Waals surface area contributed by atoms with Crippen molar-refractivity contribution in [3.8, 4) is 0 Å². The molecule has 3 aromatic rings. The van der Waals surface area contributed by atoms with Crippen molar-refractivity contribution < 1.29 is 53.9 Å². The van der Waals surface area contributed by atoms with Crippen molar-refractivity contribution >= 4 is 46.9 Å². The predicted molar refractivity (Wildman–Crippen MR) is 134 cm³/mol. The summed E-state index contributed by atoms with van der Waals surface area (Å²) in [7, 11) is 0. The van der Waals surface area contributed by atoms with Gasteiger partial charge in [-0.15, -0.1) is 0 Å². The molecule has 1 atom stereocenters. The number of oxime groups is 1. The summed E-state index contributed by atoms with van der Waals surface area (Å²) >= 11 is 5.70. The number of nitrogens with one attached hydrogen (secondary N) is 1. The van der Waals surface area contributed by atoms with Crippen LogP contribution >= 0.6 is 11.6 Å². The van der Waals surface area contributed by atoms with Gasteiger partial charge in [0.2, 0.25) is 12.3 Å². The normalized spacial score (nSPS) is 17.7. The van der Waals surface area contributed by atoms with Crippen LogP contribution in [0.2, 0.25) is 5.02 Å². The lowest BCUT2D eigenvalue weighted by molar-refractivity contribution is -0.276. The van der Waals surface area contributed by atoms with Gasteiger partial charge in [-0.25, -0.2) is 4.98 Å². The molecule has 0 saturated heterocycles. The highest BCUT2D eigenvalue weighted by molar-refractivity contribution is 6.30. The molecule has 43 heavy (non-hydrogen) atoms. The Hall–Kier alpha value is -4.28. The van der Waals surface area contributed by atoms with Crippen LogP contribution in [0.3, 0.4) is 0 Å². The van der Waals surface area contributed by atoms with E-state index in [4.69, 9.17) is 16.4 Å². The summed E-state index contributed by atoms with van der Waals surface area (Å²) < 4.78 is 121. The van der Waals surface area contributed by atoms with E-state index in [0.717, 1.165) is 11.0 Å². The number of nitrogens with zero attached hydrogens (tertiary/aromatic N) is 4. The first-order valence-electron chi connectivity index (χ1n) is 11.8. The fraction of sp³-hybridized carbons (Fsp3) is 0.280. The lowest BCUT2D eigenvalue weighted by Crippen LogP contribution is -2.42. The monoisotopic (exact) mass is 641 g/mol. The van der Waals surface area contributed by atoms with Crippen LogP contribution < -0.4 is 10.2 Å². The Bertz CT molecular complexity index is 1600. The van der Waals surface area contributed by atoms with E-state index in [9.17, 15) is 49.1 Å². The van der Waals surface area contributed by atoms with Crippen molar-refractivity contribution in [2.45, 2.75) is 30.6 Å². The summed E-state index contributed by atoms with van der Waals surface area (Å²) in [5.74, 6) is -1.10. The number of fused-ring (bicyclic) bond motifs is 1. The van der Waals surface area contributed by atoms with Crippen molar-refractivity contribution in [3.05, 3.63) is 70.8 Å². The fourth-order valence-electron chi connectivity index (χ4n) is 4.17. The van der Waals surface area contributed by atoms with E-state index in [1.54, 1.807) is 5.32 Å². The molecule has 1 unspecified atom stereocenters. The molecule has 3 heterocycles. The highest BCUT2D eigenvalue weighted by Crippen LogP contribution is 2.49. The van der Waals surface area contributed by atoms with E-state index in [2.05, 4.69) is 10.1 Å². The first kappa shape index (κ1) is 31.7. The molecule has 230 valence electrons. The highest BCUT2D eigenvalue weighted by Gasteiger charge is 2.62. The molecule has 18 heteroatoms. The molecule has 0 aliphatic carbocycles. The minimum absolute atomic E-state index is 0.0749. The number of aromatic nitrogens is 2. The number of imidazole rings is 1. The molecule has 0 radical (unpaired) electrons. The molecule has 8 nitrogen and oxygen atoms in total. The Morgan fingerprint density at radius 2 is 1.81 bits per heavy atom. The summed E-state index contributed by atoms with van der Waals surface area (Å²) in [6.07, 6.45) is -10.7. The number of allylic oxidation sites excluding steroid dienone is 1. The molecule has 1 aliphatic heterocycles. The maximum atomic E-state index is 14.2. The van der Waals surface area contributed by atoms with Crippen LogP contribution in [0.15, 0.2) is 54.1 Å². The minimum Gasteiger partial charge on any atom is -0.374 e. The number of halogens is 10. The molecule has 1 aromatic carbocycles. The summed E-state index contributed by atoms with van der Waals surface area (Å²) in [5, 5.41) is 4.49. The summed E-state index contributed by atoms with van der Waals surface area (Å²) in [5.41, 5.74) is -5.32. The van der Waals surface area contributed by atoms with Gasteiger partial charge < -0.3 is 15.1 Å². The summed E-state index contributed by atoms with van der Waals surface area (Å²) in [6, 6.07) is 4.16. The maximum Gasteiger partial charge on any atom is 0.435 e. The van der Waals surface area contributed by atoms with E-state index in [0.29, 0.717) is 12.1 Å². The van der Waals surface area contributed by atoms with E-state index in [1.165, 1.54) is 35.1 Å². The van der Waals surface area contributed by atoms with Crippen LogP contribution in [0.25, 0.3) is 11.6 Å². The maximum absolute atomic E-state index is 14.2. The lowest BCUT2D eigenvalue weighted by atomic mass is 9.87. The number of carbonyl (C=O) groups is 2. The average molecular weight is 642 g/mol. The van der Waals surface area contributed by atoms with E-state index >= 15 is 0 Å². The standard InChI is InChI=1S/C25H17ClF9N5O3/c26-16-6-14(5-15(7-16)24(30,31)32)22(25(33,34)35)8-17(38-43-22)1-2-18-3-4-19(20-9-36-12-40(18)20)39(13-41)10-21(42)37-11-23(27,28)29/h1-7,9,12-13H,8,10-11H2,(H,37,42)/b2-1+. The number of carbonyl (C=O) groups excluding carboxylic acids is 2. The number of alkyl halides is 9. The largest absolute Gasteiger partial charge is 0.435 e. The molecule has 0 saturated carbocycles. The molecule has 0 bridgehead atoms. The smallest absolute Gasteiger partial charge is 0.374 e. The second-order valence-electron chi connectivity index (χ2n) is 9.15. The van der Waals surface area contributed by atoms with Gasteiger partial charge in [-0.1, -0.05) is 16.8 Å². The van der Waals surface area contributed by atoms with Crippen LogP contribution in [0.4, 0.5) is 45.2 Å². The van der Waals surface area contributed by atoms with Crippen molar-refractivity contribution in [1.82, 2.24) is 14.7 Å². The lowest BCUT2D eigenvalue weighted by Gasteiger charge is -2.30. The van der Waals surface area contributed by atoms with Gasteiger partial charge in [0.05, 0.1) is 35.0 Å². The van der Waals surface area contributed by atoms with Crippen LogP contribution in [-0.2, 0) is 26.2 Å². The Morgan fingerprint density at radius 1 is 1.09 bits per heavy atom. The highest BCUT2D eigenvalue weighted by atomic mass is 35.5. The third-order valence-corrected chi connectivity index (χ3v) is 6.39. The topological polar surface area (TPSA) is 88.3 Å². The Morgan fingerprint density at radius 3 is 2.44 bits per heavy atom. The number of benzene rings is 1. The molecule has 1 aliphatic rings. The Labute approximate surface area is 240 Å². The number of hydrogen-bond acceptors (Lipinski definition) is 5. The van der Waals surface area contributed by atoms with E-state index < -0.39 is 65.7 Å². The third kappa shape index (κ3) is 6.87. The third-order valence-electron chi connectivity index (χ3n) is 6.17. The van der Waals surface area contributed by atoms with Crippen LogP contribution in [0.1, 0.15) is 23.2 Å². The van der Waals surface area contributed by atoms with Gasteiger partial charge >= 0.3 is 18.5 Å². The van der Waals surface area contributed by atoms with Crippen molar-refractivity contribution in [2.24, 2.45) is 5.16 Å². The van der Waals surface area contributed by atoms with Gasteiger partial charge in [0, 0.05) is 22.7 Å². The van der Waals surface area contributed by atoms with Gasteiger partial charge in [0.1, 0.15) is 13.1 Å². The number of hydrogen-bond donors (Lipinski definition) is 1. The summed E-state index contributed by atoms with van der Waals surface area (Å²) in [4.78, 5) is 33.1. The van der Waals surface area contributed by atoms with Gasteiger partial charge in [0.25, 0.3) is 5.60 Å². The molecule has 0 fully saturated rings. The quantitative estimate of drug-likeness (QED) is 0.245. The molecule has 2 aromatic heterocycles. The zero-order chi connectivity index (χ0) is 31.8. The van der Waals surface area contributed by atoms with Crippen LogP contribution in [-0.4, -0.2) is 52.9 Å². The Kier molecular flexibility index (Phi) is 8.41. The second kappa shape index (κ2) is 11.4. The molecule has 0 spiro atoms. The zero-order valence-electron chi connectivity index (χ0n) is 21.2. The van der Waals surface area contributed by atoms with Crippen molar-refractivity contribution in [1.29, 1.82) is 0 Å². The minimum atomic E-state index is -5.20. The molecule has 1 N–H and O–H groups in total. The number of anilines is 1. The van der Waals surface area contributed by atoms with Crippen molar-refractivity contribution in [2.75, 3.05) is 18.0 Å². The average Bonchev–Trinajstić information content (AvgIpc) is 3.57. The van der Waals surface area contributed by atoms with Gasteiger partial charge in [-0.2, -0.15) is 39.5 Å². The van der Waals surface area contributed by atoms with Gasteiger partial charge in [-0.3, -0.25) is 14.0 Å². The second-order valence-corrected chi connectivity index (χ2v) is 9.59. The van der Waals surface area contributed by atoms with E-state index in [-0.39, 0.29) is 35.1 Å². The number of pyridine rings is 1. The van der Waals surface area contributed by atoms with E-state index in [1.807, 2.05) is 0 Å². The van der Waals surface area contributed by atoms with Crippen molar-refractivity contribution in [3.63, 3.8) is 0 Å². The molecule has 2 amide bonds. The Balaban J connectivity index is 1.59. The van der Waals surface area contributed by atoms with Crippen LogP contribution in [0, 0.1) is 0 Å². The zero-order valence-corrected chi connectivity index (χ0v) is 21.9. The van der Waals surface area contributed by atoms with Crippen LogP contribution in [0.5, 0.6) is 0 Å². The molecular formula is C25H17ClF9N5O3. The fourth-order valence-corrected chi connectivity index (χ4v) is 4.41. The van der Waals surface area contributed by atoms with Gasteiger partial charge in [0.15, 0.2) is 0 Å². The SMILES string of the molecule is O=CN(CC(=O)NCC(F)(F)F)c1ccc(/C=C/C2=NOC(c3cc(Cl)cc(C(F)(F)F)c3)(C(F)(F)F)C2)n2cncc12. The number of amides is 2. The molecule has 4 rings (SSSR count). The summed E-state index contributed by atoms with van der Waals surface area (Å²) in [6.45, 7) is -2.36. The first-order valence-corrected chi connectivity index (χ1v) is 12.2. The number of rotatable bonds is 8. The first-order chi connectivity index (χ1) is 19.9.